The predicted octanol–water partition coefficient (Wildman–Crippen LogP) is 3.18. The summed E-state index contributed by atoms with van der Waals surface area (Å²) in [5.74, 6) is -0.569. The van der Waals surface area contributed by atoms with Gasteiger partial charge in [-0.05, 0) is 30.4 Å². The first-order valence-corrected chi connectivity index (χ1v) is 8.90. The third-order valence-electron chi connectivity index (χ3n) is 3.23. The third kappa shape index (κ3) is 3.27. The SMILES string of the molecule is CCc1ccc2oc(C(=O)Nc3nnc(SC)s3)cc(=O)c2c1. The Morgan fingerprint density at radius 3 is 2.87 bits per heavy atom. The number of benzene rings is 1. The van der Waals surface area contributed by atoms with Crippen LogP contribution < -0.4 is 10.7 Å². The van der Waals surface area contributed by atoms with E-state index in [0.29, 0.717) is 16.1 Å². The molecular formula is C15H13N3O3S2. The lowest BCUT2D eigenvalue weighted by atomic mass is 10.1. The van der Waals surface area contributed by atoms with Gasteiger partial charge in [0.05, 0.1) is 5.39 Å². The summed E-state index contributed by atoms with van der Waals surface area (Å²) in [6, 6.07) is 6.58. The van der Waals surface area contributed by atoms with Gasteiger partial charge in [-0.15, -0.1) is 10.2 Å². The molecule has 1 amide bonds. The van der Waals surface area contributed by atoms with Gasteiger partial charge in [-0.25, -0.2) is 0 Å². The molecule has 0 aliphatic heterocycles. The van der Waals surface area contributed by atoms with Crippen molar-refractivity contribution >= 4 is 45.1 Å². The maximum Gasteiger partial charge on any atom is 0.293 e. The topological polar surface area (TPSA) is 85.1 Å². The number of carbonyl (C=O) groups excluding carboxylic acids is 1. The van der Waals surface area contributed by atoms with Crippen LogP contribution in [-0.2, 0) is 6.42 Å². The fourth-order valence-electron chi connectivity index (χ4n) is 2.04. The van der Waals surface area contributed by atoms with Crippen LogP contribution in [0.15, 0.2) is 37.8 Å². The number of nitrogens with zero attached hydrogens (tertiary/aromatic N) is 2. The molecular weight excluding hydrogens is 334 g/mol. The average molecular weight is 347 g/mol. The summed E-state index contributed by atoms with van der Waals surface area (Å²) in [7, 11) is 0. The van der Waals surface area contributed by atoms with E-state index < -0.39 is 5.91 Å². The van der Waals surface area contributed by atoms with Gasteiger partial charge < -0.3 is 4.42 Å². The number of thioether (sulfide) groups is 1. The van der Waals surface area contributed by atoms with Crippen molar-refractivity contribution < 1.29 is 9.21 Å². The number of amides is 1. The molecule has 0 aliphatic carbocycles. The van der Waals surface area contributed by atoms with Gasteiger partial charge in [0.2, 0.25) is 5.13 Å². The molecule has 0 saturated heterocycles. The minimum absolute atomic E-state index is 0.0485. The van der Waals surface area contributed by atoms with Crippen molar-refractivity contribution in [3.8, 4) is 0 Å². The van der Waals surface area contributed by atoms with Crippen molar-refractivity contribution in [3.63, 3.8) is 0 Å². The Morgan fingerprint density at radius 1 is 1.35 bits per heavy atom. The highest BCUT2D eigenvalue weighted by Gasteiger charge is 2.15. The van der Waals surface area contributed by atoms with Crippen molar-refractivity contribution in [1.29, 1.82) is 0 Å². The number of nitrogens with one attached hydrogen (secondary N) is 1. The van der Waals surface area contributed by atoms with Crippen LogP contribution in [0.3, 0.4) is 0 Å². The Hall–Kier alpha value is -2.19. The van der Waals surface area contributed by atoms with Crippen LogP contribution in [0.1, 0.15) is 23.0 Å². The lowest BCUT2D eigenvalue weighted by Crippen LogP contribution is -2.15. The summed E-state index contributed by atoms with van der Waals surface area (Å²) in [4.78, 5) is 24.4. The van der Waals surface area contributed by atoms with Crippen LogP contribution in [0, 0.1) is 0 Å². The van der Waals surface area contributed by atoms with Gasteiger partial charge in [-0.3, -0.25) is 14.9 Å². The van der Waals surface area contributed by atoms with E-state index in [1.54, 1.807) is 12.1 Å². The second-order valence-corrected chi connectivity index (χ2v) is 6.72. The average Bonchev–Trinajstić information content (AvgIpc) is 3.02. The molecule has 0 fully saturated rings. The van der Waals surface area contributed by atoms with E-state index in [0.717, 1.165) is 16.3 Å². The van der Waals surface area contributed by atoms with Gasteiger partial charge in [-0.1, -0.05) is 36.1 Å². The number of carbonyl (C=O) groups is 1. The normalized spacial score (nSPS) is 10.9. The lowest BCUT2D eigenvalue weighted by Gasteiger charge is -2.04. The number of anilines is 1. The van der Waals surface area contributed by atoms with Crippen LogP contribution >= 0.6 is 23.1 Å². The number of hydrogen-bond acceptors (Lipinski definition) is 7. The predicted molar refractivity (Wildman–Crippen MR) is 91.5 cm³/mol. The van der Waals surface area contributed by atoms with Crippen molar-refractivity contribution in [2.24, 2.45) is 0 Å². The number of aromatic nitrogens is 2. The zero-order valence-corrected chi connectivity index (χ0v) is 14.1. The third-order valence-corrected chi connectivity index (χ3v) is 5.04. The molecule has 0 spiro atoms. The van der Waals surface area contributed by atoms with Gasteiger partial charge in [-0.2, -0.15) is 0 Å². The highest BCUT2D eigenvalue weighted by atomic mass is 32.2. The minimum Gasteiger partial charge on any atom is -0.451 e. The monoisotopic (exact) mass is 347 g/mol. The Labute approximate surface area is 139 Å². The van der Waals surface area contributed by atoms with E-state index in [1.165, 1.54) is 29.2 Å². The molecule has 3 aromatic rings. The summed E-state index contributed by atoms with van der Waals surface area (Å²) < 4.78 is 6.29. The largest absolute Gasteiger partial charge is 0.451 e. The highest BCUT2D eigenvalue weighted by molar-refractivity contribution is 8.00. The molecule has 1 aromatic carbocycles. The smallest absolute Gasteiger partial charge is 0.293 e. The first kappa shape index (κ1) is 15.7. The molecule has 0 aliphatic rings. The van der Waals surface area contributed by atoms with Gasteiger partial charge in [0.25, 0.3) is 5.91 Å². The number of fused-ring (bicyclic) bond motifs is 1. The fourth-order valence-corrected chi connectivity index (χ4v) is 3.20. The molecule has 8 heteroatoms. The Morgan fingerprint density at radius 2 is 2.17 bits per heavy atom. The van der Waals surface area contributed by atoms with Crippen molar-refractivity contribution in [1.82, 2.24) is 10.2 Å². The second kappa shape index (κ2) is 6.51. The molecule has 118 valence electrons. The summed E-state index contributed by atoms with van der Waals surface area (Å²) in [5.41, 5.74) is 1.19. The maximum atomic E-state index is 12.2. The Balaban J connectivity index is 1.93. The summed E-state index contributed by atoms with van der Waals surface area (Å²) in [5, 5.41) is 11.2. The van der Waals surface area contributed by atoms with E-state index in [4.69, 9.17) is 4.42 Å². The van der Waals surface area contributed by atoms with Crippen LogP contribution in [0.4, 0.5) is 5.13 Å². The van der Waals surface area contributed by atoms with Crippen LogP contribution in [0.5, 0.6) is 0 Å². The molecule has 0 bridgehead atoms. The Bertz CT molecular complexity index is 933. The summed E-state index contributed by atoms with van der Waals surface area (Å²) in [6.07, 6.45) is 2.70. The molecule has 0 unspecified atom stereocenters. The molecule has 2 aromatic heterocycles. The molecule has 23 heavy (non-hydrogen) atoms. The zero-order chi connectivity index (χ0) is 16.4. The lowest BCUT2D eigenvalue weighted by molar-refractivity contribution is 0.0997. The molecule has 6 nitrogen and oxygen atoms in total. The highest BCUT2D eigenvalue weighted by Crippen LogP contribution is 2.23. The first-order chi connectivity index (χ1) is 11.1. The molecule has 1 N–H and O–H groups in total. The van der Waals surface area contributed by atoms with Crippen molar-refractivity contribution in [3.05, 3.63) is 45.8 Å². The quantitative estimate of drug-likeness (QED) is 0.576. The minimum atomic E-state index is -0.521. The van der Waals surface area contributed by atoms with Gasteiger partial charge in [0, 0.05) is 6.07 Å². The first-order valence-electron chi connectivity index (χ1n) is 6.86. The van der Waals surface area contributed by atoms with Crippen molar-refractivity contribution in [2.75, 3.05) is 11.6 Å². The van der Waals surface area contributed by atoms with E-state index in [1.807, 2.05) is 19.2 Å². The van der Waals surface area contributed by atoms with E-state index in [9.17, 15) is 9.59 Å². The second-order valence-electron chi connectivity index (χ2n) is 4.69. The molecule has 0 saturated carbocycles. The number of hydrogen-bond donors (Lipinski definition) is 1. The summed E-state index contributed by atoms with van der Waals surface area (Å²) >= 11 is 2.70. The van der Waals surface area contributed by atoms with Crippen molar-refractivity contribution in [2.45, 2.75) is 17.7 Å². The summed E-state index contributed by atoms with van der Waals surface area (Å²) in [6.45, 7) is 2.01. The maximum absolute atomic E-state index is 12.2. The fraction of sp³-hybridized carbons (Fsp3) is 0.200. The molecule has 2 heterocycles. The van der Waals surface area contributed by atoms with E-state index >= 15 is 0 Å². The van der Waals surface area contributed by atoms with Gasteiger partial charge >= 0.3 is 0 Å². The van der Waals surface area contributed by atoms with Crippen LogP contribution in [0.2, 0.25) is 0 Å². The Kier molecular flexibility index (Phi) is 4.44. The molecule has 3 rings (SSSR count). The molecule has 0 radical (unpaired) electrons. The standard InChI is InChI=1S/C15H13N3O3S2/c1-3-8-4-5-11-9(6-8)10(19)7-12(21-11)13(20)16-14-17-18-15(22-2)23-14/h4-7H,3H2,1-2H3,(H,16,17,20). The zero-order valence-electron chi connectivity index (χ0n) is 12.5. The number of aryl methyl sites for hydroxylation is 1. The van der Waals surface area contributed by atoms with E-state index in [2.05, 4.69) is 15.5 Å². The van der Waals surface area contributed by atoms with Gasteiger partial charge in [0.1, 0.15) is 5.58 Å². The molecule has 0 atom stereocenters. The van der Waals surface area contributed by atoms with Crippen LogP contribution in [0.25, 0.3) is 11.0 Å². The number of rotatable bonds is 4. The van der Waals surface area contributed by atoms with E-state index in [-0.39, 0.29) is 11.2 Å². The van der Waals surface area contributed by atoms with Crippen LogP contribution in [-0.4, -0.2) is 22.4 Å². The van der Waals surface area contributed by atoms with Gasteiger partial charge in [0.15, 0.2) is 15.5 Å².